The van der Waals surface area contributed by atoms with Crippen LogP contribution in [0.2, 0.25) is 0 Å². The molecule has 0 spiro atoms. The molecule has 1 fully saturated rings. The molecule has 5 heteroatoms. The van der Waals surface area contributed by atoms with Crippen molar-refractivity contribution in [3.63, 3.8) is 0 Å². The Kier molecular flexibility index (Phi) is 4.01. The SMILES string of the molecule is Cc1nn(C)c(C)c1CNC(=O)CNCC1CC1. The van der Waals surface area contributed by atoms with E-state index in [2.05, 4.69) is 15.7 Å². The molecule has 1 aromatic rings. The van der Waals surface area contributed by atoms with Crippen LogP contribution in [0.5, 0.6) is 0 Å². The highest BCUT2D eigenvalue weighted by molar-refractivity contribution is 5.78. The minimum Gasteiger partial charge on any atom is -0.351 e. The fourth-order valence-electron chi connectivity index (χ4n) is 2.03. The Morgan fingerprint density at radius 1 is 1.44 bits per heavy atom. The van der Waals surface area contributed by atoms with Gasteiger partial charge < -0.3 is 10.6 Å². The smallest absolute Gasteiger partial charge is 0.234 e. The van der Waals surface area contributed by atoms with Gasteiger partial charge in [-0.15, -0.1) is 0 Å². The van der Waals surface area contributed by atoms with Crippen LogP contribution in [-0.2, 0) is 18.4 Å². The van der Waals surface area contributed by atoms with Crippen LogP contribution in [0, 0.1) is 19.8 Å². The van der Waals surface area contributed by atoms with Crippen LogP contribution in [0.4, 0.5) is 0 Å². The van der Waals surface area contributed by atoms with Gasteiger partial charge in [0.25, 0.3) is 0 Å². The highest BCUT2D eigenvalue weighted by Gasteiger charge is 2.20. The first-order valence-corrected chi connectivity index (χ1v) is 6.54. The molecular weight excluding hydrogens is 228 g/mol. The average Bonchev–Trinajstić information content (AvgIpc) is 3.08. The van der Waals surface area contributed by atoms with Crippen molar-refractivity contribution >= 4 is 5.91 Å². The number of hydrogen-bond donors (Lipinski definition) is 2. The fourth-order valence-corrected chi connectivity index (χ4v) is 2.03. The molecule has 0 radical (unpaired) electrons. The average molecular weight is 250 g/mol. The Morgan fingerprint density at radius 2 is 2.17 bits per heavy atom. The summed E-state index contributed by atoms with van der Waals surface area (Å²) in [5.74, 6) is 0.860. The Bertz CT molecular complexity index is 434. The molecule has 1 heterocycles. The lowest BCUT2D eigenvalue weighted by atomic mass is 10.2. The van der Waals surface area contributed by atoms with E-state index >= 15 is 0 Å². The zero-order valence-electron chi connectivity index (χ0n) is 11.4. The van der Waals surface area contributed by atoms with Crippen molar-refractivity contribution < 1.29 is 4.79 Å². The van der Waals surface area contributed by atoms with E-state index in [0.717, 1.165) is 29.4 Å². The van der Waals surface area contributed by atoms with Gasteiger partial charge in [-0.3, -0.25) is 9.48 Å². The van der Waals surface area contributed by atoms with Crippen molar-refractivity contribution in [3.8, 4) is 0 Å². The molecule has 100 valence electrons. The van der Waals surface area contributed by atoms with Crippen LogP contribution in [0.25, 0.3) is 0 Å². The van der Waals surface area contributed by atoms with Crippen molar-refractivity contribution in [1.29, 1.82) is 0 Å². The summed E-state index contributed by atoms with van der Waals surface area (Å²) in [6, 6.07) is 0. The van der Waals surface area contributed by atoms with Crippen LogP contribution < -0.4 is 10.6 Å². The number of aryl methyl sites for hydroxylation is 2. The molecule has 2 N–H and O–H groups in total. The molecule has 1 aliphatic carbocycles. The first kappa shape index (κ1) is 13.1. The molecule has 1 amide bonds. The van der Waals surface area contributed by atoms with E-state index in [-0.39, 0.29) is 5.91 Å². The lowest BCUT2D eigenvalue weighted by Crippen LogP contribution is -2.34. The lowest BCUT2D eigenvalue weighted by Gasteiger charge is -2.06. The van der Waals surface area contributed by atoms with Gasteiger partial charge in [-0.1, -0.05) is 0 Å². The van der Waals surface area contributed by atoms with Gasteiger partial charge in [0.05, 0.1) is 12.2 Å². The van der Waals surface area contributed by atoms with Gasteiger partial charge in [0, 0.05) is 24.8 Å². The quantitative estimate of drug-likeness (QED) is 0.779. The topological polar surface area (TPSA) is 59.0 Å². The van der Waals surface area contributed by atoms with E-state index in [1.165, 1.54) is 12.8 Å². The predicted octanol–water partition coefficient (Wildman–Crippen LogP) is 0.653. The first-order chi connectivity index (χ1) is 8.58. The molecule has 0 bridgehead atoms. The molecule has 2 rings (SSSR count). The summed E-state index contributed by atoms with van der Waals surface area (Å²) < 4.78 is 1.85. The zero-order chi connectivity index (χ0) is 13.1. The predicted molar refractivity (Wildman–Crippen MR) is 70.1 cm³/mol. The summed E-state index contributed by atoms with van der Waals surface area (Å²) in [7, 11) is 1.92. The largest absolute Gasteiger partial charge is 0.351 e. The molecular formula is C13H22N4O. The summed E-state index contributed by atoms with van der Waals surface area (Å²) in [5, 5.41) is 10.5. The van der Waals surface area contributed by atoms with Gasteiger partial charge in [-0.2, -0.15) is 5.10 Å². The normalized spacial score (nSPS) is 14.8. The van der Waals surface area contributed by atoms with E-state index in [9.17, 15) is 4.79 Å². The maximum Gasteiger partial charge on any atom is 0.234 e. The number of aromatic nitrogens is 2. The van der Waals surface area contributed by atoms with Gasteiger partial charge in [0.15, 0.2) is 0 Å². The van der Waals surface area contributed by atoms with E-state index in [4.69, 9.17) is 0 Å². The fraction of sp³-hybridized carbons (Fsp3) is 0.692. The molecule has 1 aromatic heterocycles. The second kappa shape index (κ2) is 5.52. The minimum atomic E-state index is 0.0540. The Morgan fingerprint density at radius 3 is 2.72 bits per heavy atom. The van der Waals surface area contributed by atoms with Crippen LogP contribution in [0.3, 0.4) is 0 Å². The number of rotatable bonds is 6. The summed E-state index contributed by atoms with van der Waals surface area (Å²) in [4.78, 5) is 11.6. The molecule has 5 nitrogen and oxygen atoms in total. The Hall–Kier alpha value is -1.36. The number of carbonyl (C=O) groups excluding carboxylic acids is 1. The maximum atomic E-state index is 11.6. The number of nitrogens with one attached hydrogen (secondary N) is 2. The van der Waals surface area contributed by atoms with Gasteiger partial charge in [-0.05, 0) is 39.2 Å². The molecule has 0 atom stereocenters. The minimum absolute atomic E-state index is 0.0540. The summed E-state index contributed by atoms with van der Waals surface area (Å²) in [5.41, 5.74) is 3.22. The van der Waals surface area contributed by atoms with Gasteiger partial charge >= 0.3 is 0 Å². The third-order valence-corrected chi connectivity index (χ3v) is 3.54. The maximum absolute atomic E-state index is 11.6. The zero-order valence-corrected chi connectivity index (χ0v) is 11.4. The van der Waals surface area contributed by atoms with E-state index in [1.54, 1.807) is 0 Å². The number of nitrogens with zero attached hydrogens (tertiary/aromatic N) is 2. The van der Waals surface area contributed by atoms with Crippen molar-refractivity contribution in [2.75, 3.05) is 13.1 Å². The number of amides is 1. The van der Waals surface area contributed by atoms with Crippen LogP contribution in [-0.4, -0.2) is 28.8 Å². The van der Waals surface area contributed by atoms with Crippen LogP contribution >= 0.6 is 0 Å². The second-order valence-electron chi connectivity index (χ2n) is 5.12. The van der Waals surface area contributed by atoms with E-state index < -0.39 is 0 Å². The molecule has 18 heavy (non-hydrogen) atoms. The Labute approximate surface area is 108 Å². The van der Waals surface area contributed by atoms with E-state index in [1.807, 2.05) is 25.6 Å². The van der Waals surface area contributed by atoms with Crippen molar-refractivity contribution in [2.24, 2.45) is 13.0 Å². The molecule has 0 unspecified atom stereocenters. The molecule has 0 saturated heterocycles. The molecule has 0 aromatic carbocycles. The monoisotopic (exact) mass is 250 g/mol. The van der Waals surface area contributed by atoms with Crippen LogP contribution in [0.15, 0.2) is 0 Å². The van der Waals surface area contributed by atoms with Crippen molar-refractivity contribution in [2.45, 2.75) is 33.2 Å². The second-order valence-corrected chi connectivity index (χ2v) is 5.12. The summed E-state index contributed by atoms with van der Waals surface area (Å²) in [6.45, 7) is 5.94. The van der Waals surface area contributed by atoms with Crippen LogP contribution in [0.1, 0.15) is 29.8 Å². The Balaban J connectivity index is 1.74. The van der Waals surface area contributed by atoms with Crippen molar-refractivity contribution in [3.05, 3.63) is 17.0 Å². The van der Waals surface area contributed by atoms with Gasteiger partial charge in [0.1, 0.15) is 0 Å². The summed E-state index contributed by atoms with van der Waals surface area (Å²) in [6.07, 6.45) is 2.62. The highest BCUT2D eigenvalue weighted by Crippen LogP contribution is 2.27. The third kappa shape index (κ3) is 3.32. The number of carbonyl (C=O) groups is 1. The van der Waals surface area contributed by atoms with Crippen molar-refractivity contribution in [1.82, 2.24) is 20.4 Å². The molecule has 0 aliphatic heterocycles. The molecule has 1 aliphatic rings. The third-order valence-electron chi connectivity index (χ3n) is 3.54. The standard InChI is InChI=1S/C13H22N4O/c1-9-12(10(2)17(3)16-9)7-15-13(18)8-14-6-11-4-5-11/h11,14H,4-8H2,1-3H3,(H,15,18). The highest BCUT2D eigenvalue weighted by atomic mass is 16.1. The van der Waals surface area contributed by atoms with E-state index in [0.29, 0.717) is 13.1 Å². The molecule has 1 saturated carbocycles. The van der Waals surface area contributed by atoms with Gasteiger partial charge in [-0.25, -0.2) is 0 Å². The number of hydrogen-bond acceptors (Lipinski definition) is 3. The van der Waals surface area contributed by atoms with Gasteiger partial charge in [0.2, 0.25) is 5.91 Å². The summed E-state index contributed by atoms with van der Waals surface area (Å²) >= 11 is 0. The lowest BCUT2D eigenvalue weighted by molar-refractivity contribution is -0.120. The first-order valence-electron chi connectivity index (χ1n) is 6.54.